The average molecular weight is 478 g/mol. The number of esters is 2. The van der Waals surface area contributed by atoms with Crippen molar-refractivity contribution in [3.63, 3.8) is 0 Å². The highest BCUT2D eigenvalue weighted by molar-refractivity contribution is 6.00. The number of phenols is 1. The fraction of sp³-hybridized carbons (Fsp3) is 0.522. The number of carbonyl (C=O) groups is 5. The van der Waals surface area contributed by atoms with Crippen molar-refractivity contribution in [2.75, 3.05) is 18.5 Å². The van der Waals surface area contributed by atoms with Crippen molar-refractivity contribution in [2.45, 2.75) is 51.9 Å². The van der Waals surface area contributed by atoms with Gasteiger partial charge in [-0.15, -0.1) is 0 Å². The van der Waals surface area contributed by atoms with E-state index in [-0.39, 0.29) is 17.9 Å². The standard InChI is InChI=1S/C23H30N2O9/c1-4-15-20(14(3)32-9-6-10-33-23(15)31)34-22(30)13(2)18(11-26)25-21(29)16-7-5-8-17(19(16)28)24-12-27/h5,7-8,11-15,18,20,28H,4,6,9-10H2,1-3H3,(H,24,27)(H,25,29). The number of benzene rings is 1. The van der Waals surface area contributed by atoms with Crippen LogP contribution in [0.3, 0.4) is 0 Å². The largest absolute Gasteiger partial charge is 0.505 e. The van der Waals surface area contributed by atoms with Gasteiger partial charge < -0.3 is 34.7 Å². The summed E-state index contributed by atoms with van der Waals surface area (Å²) >= 11 is 0. The topological polar surface area (TPSA) is 157 Å². The number of carbonyl (C=O) groups excluding carboxylic acids is 5. The zero-order chi connectivity index (χ0) is 25.3. The quantitative estimate of drug-likeness (QED) is 0.269. The van der Waals surface area contributed by atoms with Gasteiger partial charge in [0.25, 0.3) is 5.91 Å². The number of cyclic esters (lactones) is 1. The lowest BCUT2D eigenvalue weighted by atomic mass is 9.95. The summed E-state index contributed by atoms with van der Waals surface area (Å²) in [6, 6.07) is 2.81. The van der Waals surface area contributed by atoms with E-state index in [9.17, 15) is 29.1 Å². The molecule has 0 radical (unpaired) electrons. The Morgan fingerprint density at radius 2 is 2.03 bits per heavy atom. The van der Waals surface area contributed by atoms with Crippen LogP contribution in [-0.4, -0.2) is 67.1 Å². The Kier molecular flexibility index (Phi) is 9.99. The summed E-state index contributed by atoms with van der Waals surface area (Å²) in [5.41, 5.74) is -0.198. The predicted molar refractivity (Wildman–Crippen MR) is 119 cm³/mol. The number of hydrogen-bond acceptors (Lipinski definition) is 9. The van der Waals surface area contributed by atoms with Crippen molar-refractivity contribution < 1.29 is 43.3 Å². The summed E-state index contributed by atoms with van der Waals surface area (Å²) in [7, 11) is 0. The van der Waals surface area contributed by atoms with Gasteiger partial charge in [-0.3, -0.25) is 19.2 Å². The third-order valence-electron chi connectivity index (χ3n) is 5.62. The van der Waals surface area contributed by atoms with Crippen molar-refractivity contribution in [1.29, 1.82) is 0 Å². The molecule has 1 fully saturated rings. The van der Waals surface area contributed by atoms with Crippen molar-refractivity contribution in [3.8, 4) is 5.75 Å². The van der Waals surface area contributed by atoms with Crippen LogP contribution in [0.15, 0.2) is 18.2 Å². The molecule has 5 atom stereocenters. The minimum atomic E-state index is -1.29. The summed E-state index contributed by atoms with van der Waals surface area (Å²) in [5.74, 6) is -4.51. The molecular weight excluding hydrogens is 448 g/mol. The minimum Gasteiger partial charge on any atom is -0.505 e. The molecule has 3 N–H and O–H groups in total. The highest BCUT2D eigenvalue weighted by Crippen LogP contribution is 2.27. The molecule has 1 saturated heterocycles. The van der Waals surface area contributed by atoms with Crippen LogP contribution in [0.5, 0.6) is 5.75 Å². The Morgan fingerprint density at radius 3 is 2.68 bits per heavy atom. The molecule has 0 spiro atoms. The molecule has 0 saturated carbocycles. The maximum Gasteiger partial charge on any atom is 0.312 e. The van der Waals surface area contributed by atoms with Crippen molar-refractivity contribution in [2.24, 2.45) is 11.8 Å². The maximum atomic E-state index is 12.9. The monoisotopic (exact) mass is 478 g/mol. The number of phenolic OH excluding ortho intramolecular Hbond substituents is 1. The van der Waals surface area contributed by atoms with E-state index in [1.807, 2.05) is 0 Å². The normalized spacial score (nSPS) is 22.6. The summed E-state index contributed by atoms with van der Waals surface area (Å²) < 4.78 is 16.5. The molecule has 1 heterocycles. The Hall–Kier alpha value is -3.47. The SMILES string of the molecule is CCC1C(=O)OCCCOC(C)C1OC(=O)C(C)C(C=O)NC(=O)c1cccc(NC=O)c1O. The van der Waals surface area contributed by atoms with Crippen LogP contribution in [0.2, 0.25) is 0 Å². The number of aldehydes is 1. The first kappa shape index (κ1) is 26.8. The number of nitrogens with one attached hydrogen (secondary N) is 2. The minimum absolute atomic E-state index is 0.00411. The van der Waals surface area contributed by atoms with Gasteiger partial charge in [0.05, 0.1) is 48.4 Å². The fourth-order valence-corrected chi connectivity index (χ4v) is 3.54. The van der Waals surface area contributed by atoms with E-state index < -0.39 is 53.7 Å². The Morgan fingerprint density at radius 1 is 1.29 bits per heavy atom. The number of aromatic hydroxyl groups is 1. The number of para-hydroxylation sites is 1. The van der Waals surface area contributed by atoms with Gasteiger partial charge in [-0.2, -0.15) is 0 Å². The average Bonchev–Trinajstić information content (AvgIpc) is 2.88. The van der Waals surface area contributed by atoms with E-state index in [1.54, 1.807) is 13.8 Å². The molecule has 11 nitrogen and oxygen atoms in total. The van der Waals surface area contributed by atoms with Crippen LogP contribution in [-0.2, 0) is 33.4 Å². The predicted octanol–water partition coefficient (Wildman–Crippen LogP) is 1.18. The fourth-order valence-electron chi connectivity index (χ4n) is 3.54. The van der Waals surface area contributed by atoms with Gasteiger partial charge in [0.1, 0.15) is 12.4 Å². The summed E-state index contributed by atoms with van der Waals surface area (Å²) in [6.45, 7) is 5.37. The molecule has 0 bridgehead atoms. The molecule has 5 unspecified atom stereocenters. The molecule has 0 aromatic heterocycles. The van der Waals surface area contributed by atoms with Crippen LogP contribution in [0.25, 0.3) is 0 Å². The first-order chi connectivity index (χ1) is 16.2. The van der Waals surface area contributed by atoms with E-state index in [2.05, 4.69) is 10.6 Å². The first-order valence-corrected chi connectivity index (χ1v) is 11.0. The molecule has 11 heteroatoms. The third-order valence-corrected chi connectivity index (χ3v) is 5.62. The second-order valence-electron chi connectivity index (χ2n) is 7.90. The van der Waals surface area contributed by atoms with Gasteiger partial charge in [-0.05, 0) is 32.4 Å². The molecule has 1 aromatic rings. The van der Waals surface area contributed by atoms with Crippen molar-refractivity contribution >= 4 is 36.2 Å². The molecule has 1 aliphatic heterocycles. The lowest BCUT2D eigenvalue weighted by molar-refractivity contribution is -0.173. The zero-order valence-corrected chi connectivity index (χ0v) is 19.3. The number of amides is 2. The maximum absolute atomic E-state index is 12.9. The molecular formula is C23H30N2O9. The second-order valence-corrected chi connectivity index (χ2v) is 7.90. The Bertz CT molecular complexity index is 904. The summed E-state index contributed by atoms with van der Waals surface area (Å²) in [5, 5.41) is 14.8. The first-order valence-electron chi connectivity index (χ1n) is 11.0. The zero-order valence-electron chi connectivity index (χ0n) is 19.3. The van der Waals surface area contributed by atoms with E-state index >= 15 is 0 Å². The van der Waals surface area contributed by atoms with Gasteiger partial charge in [0.15, 0.2) is 5.75 Å². The Labute approximate surface area is 197 Å². The molecule has 2 rings (SSSR count). The molecule has 1 aliphatic rings. The number of anilines is 1. The smallest absolute Gasteiger partial charge is 0.312 e. The highest BCUT2D eigenvalue weighted by Gasteiger charge is 2.39. The molecule has 0 aliphatic carbocycles. The van der Waals surface area contributed by atoms with Gasteiger partial charge in [-0.25, -0.2) is 0 Å². The van der Waals surface area contributed by atoms with Crippen LogP contribution < -0.4 is 10.6 Å². The van der Waals surface area contributed by atoms with E-state index in [0.717, 1.165) is 0 Å². The van der Waals surface area contributed by atoms with Gasteiger partial charge in [-0.1, -0.05) is 13.0 Å². The van der Waals surface area contributed by atoms with Crippen LogP contribution in [0, 0.1) is 11.8 Å². The summed E-state index contributed by atoms with van der Waals surface area (Å²) in [4.78, 5) is 60.3. The van der Waals surface area contributed by atoms with Crippen LogP contribution in [0.1, 0.15) is 44.0 Å². The molecule has 34 heavy (non-hydrogen) atoms. The summed E-state index contributed by atoms with van der Waals surface area (Å²) in [6.07, 6.45) is 0.0361. The van der Waals surface area contributed by atoms with Gasteiger partial charge in [0, 0.05) is 6.42 Å². The molecule has 1 aromatic carbocycles. The molecule has 186 valence electrons. The third kappa shape index (κ3) is 6.53. The van der Waals surface area contributed by atoms with E-state index in [1.165, 1.54) is 25.1 Å². The second kappa shape index (κ2) is 12.7. The van der Waals surface area contributed by atoms with Crippen LogP contribution >= 0.6 is 0 Å². The Balaban J connectivity index is 2.16. The van der Waals surface area contributed by atoms with Crippen LogP contribution in [0.4, 0.5) is 5.69 Å². The van der Waals surface area contributed by atoms with Gasteiger partial charge >= 0.3 is 11.9 Å². The van der Waals surface area contributed by atoms with E-state index in [0.29, 0.717) is 32.1 Å². The van der Waals surface area contributed by atoms with Crippen molar-refractivity contribution in [1.82, 2.24) is 5.32 Å². The number of rotatable bonds is 9. The molecule has 2 amide bonds. The number of ether oxygens (including phenoxy) is 3. The van der Waals surface area contributed by atoms with Gasteiger partial charge in [0.2, 0.25) is 6.41 Å². The highest BCUT2D eigenvalue weighted by atomic mass is 16.6. The van der Waals surface area contributed by atoms with Crippen molar-refractivity contribution in [3.05, 3.63) is 23.8 Å². The van der Waals surface area contributed by atoms with E-state index in [4.69, 9.17) is 14.2 Å². The lowest BCUT2D eigenvalue weighted by Gasteiger charge is -2.30. The lowest BCUT2D eigenvalue weighted by Crippen LogP contribution is -2.47. The number of hydrogen-bond donors (Lipinski definition) is 3.